The van der Waals surface area contributed by atoms with Gasteiger partial charge in [-0.05, 0) is 47.5 Å². The average Bonchev–Trinajstić information content (AvgIpc) is 3.31. The lowest BCUT2D eigenvalue weighted by Crippen LogP contribution is -2.21. The maximum atomic E-state index is 14.4. The van der Waals surface area contributed by atoms with Crippen molar-refractivity contribution in [2.24, 2.45) is 7.05 Å². The van der Waals surface area contributed by atoms with E-state index in [0.29, 0.717) is 40.6 Å². The SMILES string of the molecule is Cn1cc(-c2cc(S(C)(=O)=O)ccc2Oc2ccc(F)cc2F)c2c(c1=O)CC(COc1ccccn1)=C2. The van der Waals surface area contributed by atoms with Crippen LogP contribution in [0.2, 0.25) is 0 Å². The number of halogens is 2. The summed E-state index contributed by atoms with van der Waals surface area (Å²) in [6.07, 6.45) is 6.42. The lowest BCUT2D eigenvalue weighted by molar-refractivity contribution is 0.337. The first kappa shape index (κ1) is 25.3. The summed E-state index contributed by atoms with van der Waals surface area (Å²) in [6, 6.07) is 12.4. The molecule has 0 unspecified atom stereocenters. The lowest BCUT2D eigenvalue weighted by Gasteiger charge is -2.16. The van der Waals surface area contributed by atoms with E-state index in [1.807, 2.05) is 6.08 Å². The van der Waals surface area contributed by atoms with Crippen LogP contribution < -0.4 is 15.0 Å². The predicted molar refractivity (Wildman–Crippen MR) is 138 cm³/mol. The number of fused-ring (bicyclic) bond motifs is 1. The second kappa shape index (κ2) is 9.86. The van der Waals surface area contributed by atoms with Gasteiger partial charge in [0.15, 0.2) is 21.4 Å². The first-order valence-electron chi connectivity index (χ1n) is 11.5. The number of rotatable bonds is 7. The number of benzene rings is 2. The standard InChI is InChI=1S/C28H22F2N2O5S/c1-32-15-23(20-11-17(12-22(20)28(32)33)16-36-27-5-3-4-10-31-27)21-14-19(38(2,34)35)7-9-25(21)37-26-8-6-18(29)13-24(26)30/h3-11,13-15H,12,16H2,1-2H3. The van der Waals surface area contributed by atoms with Crippen LogP contribution in [0.5, 0.6) is 17.4 Å². The highest BCUT2D eigenvalue weighted by atomic mass is 32.2. The molecule has 10 heteroatoms. The Morgan fingerprint density at radius 2 is 1.82 bits per heavy atom. The number of nitrogens with zero attached hydrogens (tertiary/aromatic N) is 2. The van der Waals surface area contributed by atoms with Gasteiger partial charge in [0, 0.05) is 60.9 Å². The molecular formula is C28H22F2N2O5S. The van der Waals surface area contributed by atoms with Crippen molar-refractivity contribution in [3.05, 3.63) is 106 Å². The molecule has 2 aromatic heterocycles. The highest BCUT2D eigenvalue weighted by Crippen LogP contribution is 2.40. The van der Waals surface area contributed by atoms with Crippen LogP contribution in [0.4, 0.5) is 8.78 Å². The van der Waals surface area contributed by atoms with E-state index < -0.39 is 21.5 Å². The van der Waals surface area contributed by atoms with Gasteiger partial charge in [-0.2, -0.15) is 0 Å². The van der Waals surface area contributed by atoms with Crippen molar-refractivity contribution in [1.82, 2.24) is 9.55 Å². The van der Waals surface area contributed by atoms with Crippen molar-refractivity contribution in [1.29, 1.82) is 0 Å². The summed E-state index contributed by atoms with van der Waals surface area (Å²) in [5, 5.41) is 0. The van der Waals surface area contributed by atoms with E-state index >= 15 is 0 Å². The van der Waals surface area contributed by atoms with Gasteiger partial charge in [0.05, 0.1) is 4.90 Å². The van der Waals surface area contributed by atoms with Crippen LogP contribution in [0, 0.1) is 11.6 Å². The molecule has 0 spiro atoms. The van der Waals surface area contributed by atoms with E-state index in [1.54, 1.807) is 37.6 Å². The van der Waals surface area contributed by atoms with Crippen LogP contribution in [-0.2, 0) is 23.3 Å². The quantitative estimate of drug-likeness (QED) is 0.333. The third-order valence-corrected chi connectivity index (χ3v) is 7.21. The molecule has 1 aliphatic carbocycles. The zero-order valence-corrected chi connectivity index (χ0v) is 21.3. The summed E-state index contributed by atoms with van der Waals surface area (Å²) in [4.78, 5) is 17.2. The van der Waals surface area contributed by atoms with E-state index in [4.69, 9.17) is 9.47 Å². The predicted octanol–water partition coefficient (Wildman–Crippen LogP) is 4.94. The van der Waals surface area contributed by atoms with Gasteiger partial charge in [0.2, 0.25) is 5.88 Å². The van der Waals surface area contributed by atoms with E-state index in [-0.39, 0.29) is 28.6 Å². The maximum Gasteiger partial charge on any atom is 0.254 e. The molecule has 0 saturated carbocycles. The molecule has 0 radical (unpaired) electrons. The van der Waals surface area contributed by atoms with E-state index in [0.717, 1.165) is 24.0 Å². The van der Waals surface area contributed by atoms with Gasteiger partial charge in [-0.1, -0.05) is 12.1 Å². The zero-order chi connectivity index (χ0) is 27.0. The molecule has 0 atom stereocenters. The minimum atomic E-state index is -3.61. The van der Waals surface area contributed by atoms with Gasteiger partial charge in [-0.15, -0.1) is 0 Å². The molecule has 5 rings (SSSR count). The molecule has 0 amide bonds. The third kappa shape index (κ3) is 5.08. The molecule has 1 aliphatic rings. The monoisotopic (exact) mass is 536 g/mol. The summed E-state index contributed by atoms with van der Waals surface area (Å²) in [6.45, 7) is 0.196. The second-order valence-electron chi connectivity index (χ2n) is 8.89. The summed E-state index contributed by atoms with van der Waals surface area (Å²) in [7, 11) is -2.02. The van der Waals surface area contributed by atoms with Gasteiger partial charge in [0.25, 0.3) is 5.56 Å². The van der Waals surface area contributed by atoms with Crippen LogP contribution in [0.3, 0.4) is 0 Å². The number of ether oxygens (including phenoxy) is 2. The maximum absolute atomic E-state index is 14.4. The fourth-order valence-electron chi connectivity index (χ4n) is 4.25. The number of sulfone groups is 1. The van der Waals surface area contributed by atoms with Crippen molar-refractivity contribution >= 4 is 15.9 Å². The third-order valence-electron chi connectivity index (χ3n) is 6.10. The van der Waals surface area contributed by atoms with Crippen LogP contribution in [0.25, 0.3) is 17.2 Å². The summed E-state index contributed by atoms with van der Waals surface area (Å²) < 4.78 is 65.6. The minimum absolute atomic E-state index is 0.0164. The van der Waals surface area contributed by atoms with Gasteiger partial charge in [-0.25, -0.2) is 22.2 Å². The molecule has 0 bridgehead atoms. The van der Waals surface area contributed by atoms with Crippen LogP contribution in [0.15, 0.2) is 82.3 Å². The zero-order valence-electron chi connectivity index (χ0n) is 20.4. The van der Waals surface area contributed by atoms with Crippen molar-refractivity contribution in [2.45, 2.75) is 11.3 Å². The van der Waals surface area contributed by atoms with Crippen LogP contribution >= 0.6 is 0 Å². The second-order valence-corrected chi connectivity index (χ2v) is 10.9. The molecule has 194 valence electrons. The minimum Gasteiger partial charge on any atom is -0.473 e. The molecule has 2 heterocycles. The Kier molecular flexibility index (Phi) is 6.58. The van der Waals surface area contributed by atoms with E-state index in [2.05, 4.69) is 4.98 Å². The number of aromatic nitrogens is 2. The molecule has 0 N–H and O–H groups in total. The first-order chi connectivity index (χ1) is 18.1. The Morgan fingerprint density at radius 3 is 2.53 bits per heavy atom. The van der Waals surface area contributed by atoms with Crippen molar-refractivity contribution < 1.29 is 26.7 Å². The normalized spacial score (nSPS) is 12.7. The highest BCUT2D eigenvalue weighted by Gasteiger charge is 2.25. The van der Waals surface area contributed by atoms with Crippen molar-refractivity contribution in [2.75, 3.05) is 12.9 Å². The van der Waals surface area contributed by atoms with Crippen LogP contribution in [0.1, 0.15) is 11.1 Å². The number of hydrogen-bond donors (Lipinski definition) is 0. The Balaban J connectivity index is 1.62. The van der Waals surface area contributed by atoms with Crippen LogP contribution in [-0.4, -0.2) is 30.8 Å². The fourth-order valence-corrected chi connectivity index (χ4v) is 4.90. The largest absolute Gasteiger partial charge is 0.473 e. The molecular weight excluding hydrogens is 514 g/mol. The molecule has 7 nitrogen and oxygen atoms in total. The lowest BCUT2D eigenvalue weighted by atomic mass is 9.98. The molecule has 2 aromatic carbocycles. The Morgan fingerprint density at radius 1 is 1.03 bits per heavy atom. The molecule has 0 saturated heterocycles. The molecule has 38 heavy (non-hydrogen) atoms. The molecule has 4 aromatic rings. The first-order valence-corrected chi connectivity index (χ1v) is 13.4. The molecule has 0 fully saturated rings. The topological polar surface area (TPSA) is 87.5 Å². The van der Waals surface area contributed by atoms with Gasteiger partial charge >= 0.3 is 0 Å². The number of pyridine rings is 2. The van der Waals surface area contributed by atoms with Gasteiger partial charge < -0.3 is 14.0 Å². The summed E-state index contributed by atoms with van der Waals surface area (Å²) in [5.74, 6) is -1.33. The van der Waals surface area contributed by atoms with Gasteiger partial charge in [0.1, 0.15) is 18.2 Å². The average molecular weight is 537 g/mol. The highest BCUT2D eigenvalue weighted by molar-refractivity contribution is 7.90. The smallest absolute Gasteiger partial charge is 0.254 e. The number of aryl methyl sites for hydroxylation is 1. The Hall–Kier alpha value is -4.31. The molecule has 0 aliphatic heterocycles. The van der Waals surface area contributed by atoms with E-state index in [1.165, 1.54) is 22.8 Å². The number of hydrogen-bond acceptors (Lipinski definition) is 6. The summed E-state index contributed by atoms with van der Waals surface area (Å²) >= 11 is 0. The Bertz CT molecular complexity index is 1750. The Labute approximate surface area is 217 Å². The van der Waals surface area contributed by atoms with Gasteiger partial charge in [-0.3, -0.25) is 4.79 Å². The van der Waals surface area contributed by atoms with Crippen molar-refractivity contribution in [3.63, 3.8) is 0 Å². The van der Waals surface area contributed by atoms with E-state index in [9.17, 15) is 22.0 Å². The fraction of sp³-hybridized carbons (Fsp3) is 0.143. The van der Waals surface area contributed by atoms with Crippen molar-refractivity contribution in [3.8, 4) is 28.5 Å². The summed E-state index contributed by atoms with van der Waals surface area (Å²) in [5.41, 5.74) is 2.54.